The Labute approximate surface area is 115 Å². The number of pyridine rings is 1. The summed E-state index contributed by atoms with van der Waals surface area (Å²) in [7, 11) is 0. The number of nitro groups is 1. The van der Waals surface area contributed by atoms with Crippen molar-refractivity contribution in [3.8, 4) is 0 Å². The summed E-state index contributed by atoms with van der Waals surface area (Å²) in [5, 5.41) is 12.7. The van der Waals surface area contributed by atoms with Crippen LogP contribution in [-0.4, -0.2) is 15.8 Å². The smallest absolute Gasteiger partial charge is 0.292 e. The SMILES string of the molecule is O=C(Nc1cc(F)ccc1[N+](=O)[O-])c1ccnc(F)c1F. The highest BCUT2D eigenvalue weighted by Gasteiger charge is 2.21. The van der Waals surface area contributed by atoms with Crippen LogP contribution in [0, 0.1) is 27.7 Å². The Morgan fingerprint density at radius 1 is 1.24 bits per heavy atom. The Hall–Kier alpha value is -2.97. The molecule has 0 saturated heterocycles. The largest absolute Gasteiger partial charge is 0.316 e. The summed E-state index contributed by atoms with van der Waals surface area (Å²) in [6.45, 7) is 0. The molecule has 1 heterocycles. The maximum absolute atomic E-state index is 13.4. The Kier molecular flexibility index (Phi) is 3.83. The molecule has 1 amide bonds. The third-order valence-corrected chi connectivity index (χ3v) is 2.49. The number of benzene rings is 1. The molecule has 0 fully saturated rings. The lowest BCUT2D eigenvalue weighted by atomic mass is 10.2. The van der Waals surface area contributed by atoms with Gasteiger partial charge in [0.05, 0.1) is 10.5 Å². The van der Waals surface area contributed by atoms with Crippen molar-refractivity contribution in [1.29, 1.82) is 0 Å². The zero-order chi connectivity index (χ0) is 15.6. The fourth-order valence-electron chi connectivity index (χ4n) is 1.55. The number of hydrogen-bond donors (Lipinski definition) is 1. The van der Waals surface area contributed by atoms with Crippen molar-refractivity contribution in [3.63, 3.8) is 0 Å². The molecule has 0 radical (unpaired) electrons. The Morgan fingerprint density at radius 3 is 2.62 bits per heavy atom. The van der Waals surface area contributed by atoms with Gasteiger partial charge in [0.25, 0.3) is 11.6 Å². The van der Waals surface area contributed by atoms with Crippen molar-refractivity contribution in [1.82, 2.24) is 4.98 Å². The minimum absolute atomic E-state index is 0.471. The van der Waals surface area contributed by atoms with E-state index in [0.29, 0.717) is 6.07 Å². The highest BCUT2D eigenvalue weighted by atomic mass is 19.2. The number of nitrogens with zero attached hydrogens (tertiary/aromatic N) is 2. The molecule has 9 heteroatoms. The number of carbonyl (C=O) groups excluding carboxylic acids is 1. The summed E-state index contributed by atoms with van der Waals surface area (Å²) in [6, 6.07) is 3.26. The predicted molar refractivity (Wildman–Crippen MR) is 65.2 cm³/mol. The van der Waals surface area contributed by atoms with Gasteiger partial charge in [0.1, 0.15) is 11.5 Å². The first-order valence-electron chi connectivity index (χ1n) is 5.45. The molecule has 1 N–H and O–H groups in total. The van der Waals surface area contributed by atoms with Crippen LogP contribution in [0.1, 0.15) is 10.4 Å². The number of rotatable bonds is 3. The van der Waals surface area contributed by atoms with Crippen molar-refractivity contribution in [2.75, 3.05) is 5.32 Å². The van der Waals surface area contributed by atoms with E-state index in [9.17, 15) is 28.1 Å². The molecule has 108 valence electrons. The molecule has 2 aromatic rings. The average Bonchev–Trinajstić information content (AvgIpc) is 2.41. The van der Waals surface area contributed by atoms with E-state index in [2.05, 4.69) is 4.98 Å². The summed E-state index contributed by atoms with van der Waals surface area (Å²) in [5.41, 5.74) is -1.76. The molecule has 0 aliphatic heterocycles. The van der Waals surface area contributed by atoms with Crippen LogP contribution in [0.4, 0.5) is 24.5 Å². The van der Waals surface area contributed by atoms with Crippen molar-refractivity contribution in [2.45, 2.75) is 0 Å². The predicted octanol–water partition coefficient (Wildman–Crippen LogP) is 2.66. The summed E-state index contributed by atoms with van der Waals surface area (Å²) in [5.74, 6) is -5.00. The van der Waals surface area contributed by atoms with Crippen LogP contribution in [0.25, 0.3) is 0 Å². The van der Waals surface area contributed by atoms with E-state index in [1.807, 2.05) is 5.32 Å². The fourth-order valence-corrected chi connectivity index (χ4v) is 1.55. The van der Waals surface area contributed by atoms with Gasteiger partial charge in [0.15, 0.2) is 5.82 Å². The average molecular weight is 297 g/mol. The van der Waals surface area contributed by atoms with E-state index in [-0.39, 0.29) is 0 Å². The molecule has 0 bridgehead atoms. The monoisotopic (exact) mass is 297 g/mol. The second-order valence-electron chi connectivity index (χ2n) is 3.84. The number of amides is 1. The van der Waals surface area contributed by atoms with Crippen molar-refractivity contribution < 1.29 is 22.9 Å². The molecular formula is C12H6F3N3O3. The van der Waals surface area contributed by atoms with Crippen molar-refractivity contribution in [2.24, 2.45) is 0 Å². The maximum Gasteiger partial charge on any atom is 0.292 e. The Balaban J connectivity index is 2.38. The molecule has 0 unspecified atom stereocenters. The third kappa shape index (κ3) is 2.96. The lowest BCUT2D eigenvalue weighted by Gasteiger charge is -2.07. The molecule has 1 aromatic heterocycles. The number of hydrogen-bond acceptors (Lipinski definition) is 4. The molecular weight excluding hydrogens is 291 g/mol. The minimum atomic E-state index is -1.51. The van der Waals surface area contributed by atoms with E-state index in [4.69, 9.17) is 0 Å². The van der Waals surface area contributed by atoms with E-state index >= 15 is 0 Å². The van der Waals surface area contributed by atoms with Gasteiger partial charge in [-0.1, -0.05) is 0 Å². The van der Waals surface area contributed by atoms with Gasteiger partial charge in [-0.15, -0.1) is 0 Å². The minimum Gasteiger partial charge on any atom is -0.316 e. The topological polar surface area (TPSA) is 85.1 Å². The van der Waals surface area contributed by atoms with Gasteiger partial charge in [-0.25, -0.2) is 13.8 Å². The van der Waals surface area contributed by atoms with Crippen LogP contribution in [0.3, 0.4) is 0 Å². The van der Waals surface area contributed by atoms with Crippen LogP contribution in [0.5, 0.6) is 0 Å². The maximum atomic E-state index is 13.4. The first kappa shape index (κ1) is 14.4. The number of nitrogens with one attached hydrogen (secondary N) is 1. The van der Waals surface area contributed by atoms with Crippen molar-refractivity contribution in [3.05, 3.63) is 63.7 Å². The van der Waals surface area contributed by atoms with E-state index < -0.39 is 45.4 Å². The second kappa shape index (κ2) is 5.57. The fraction of sp³-hybridized carbons (Fsp3) is 0. The zero-order valence-electron chi connectivity index (χ0n) is 10.1. The first-order valence-corrected chi connectivity index (χ1v) is 5.45. The third-order valence-electron chi connectivity index (χ3n) is 2.49. The summed E-state index contributed by atoms with van der Waals surface area (Å²) >= 11 is 0. The Bertz CT molecular complexity index is 737. The first-order chi connectivity index (χ1) is 9.90. The molecule has 0 saturated carbocycles. The normalized spacial score (nSPS) is 10.2. The van der Waals surface area contributed by atoms with Gasteiger partial charge in [0.2, 0.25) is 5.95 Å². The number of anilines is 1. The van der Waals surface area contributed by atoms with Gasteiger partial charge >= 0.3 is 0 Å². The van der Waals surface area contributed by atoms with Crippen LogP contribution >= 0.6 is 0 Å². The van der Waals surface area contributed by atoms with Gasteiger partial charge in [0, 0.05) is 18.3 Å². The van der Waals surface area contributed by atoms with E-state index in [1.165, 1.54) is 0 Å². The molecule has 21 heavy (non-hydrogen) atoms. The summed E-state index contributed by atoms with van der Waals surface area (Å²) < 4.78 is 39.4. The quantitative estimate of drug-likeness (QED) is 0.536. The lowest BCUT2D eigenvalue weighted by Crippen LogP contribution is -2.16. The summed E-state index contributed by atoms with van der Waals surface area (Å²) in [6.07, 6.45) is 0.854. The van der Waals surface area contributed by atoms with Gasteiger partial charge < -0.3 is 5.32 Å². The highest BCUT2D eigenvalue weighted by molar-refractivity contribution is 6.05. The molecule has 0 spiro atoms. The second-order valence-corrected chi connectivity index (χ2v) is 3.84. The molecule has 0 aliphatic rings. The van der Waals surface area contributed by atoms with Crippen LogP contribution in [-0.2, 0) is 0 Å². The molecule has 6 nitrogen and oxygen atoms in total. The number of nitro benzene ring substituents is 1. The molecule has 0 aliphatic carbocycles. The molecule has 0 atom stereocenters. The zero-order valence-corrected chi connectivity index (χ0v) is 10.1. The number of aromatic nitrogens is 1. The van der Waals surface area contributed by atoms with Gasteiger partial charge in [-0.05, 0) is 12.1 Å². The summed E-state index contributed by atoms with van der Waals surface area (Å²) in [4.78, 5) is 24.7. The molecule has 2 rings (SSSR count). The highest BCUT2D eigenvalue weighted by Crippen LogP contribution is 2.25. The lowest BCUT2D eigenvalue weighted by molar-refractivity contribution is -0.384. The van der Waals surface area contributed by atoms with Crippen molar-refractivity contribution >= 4 is 17.3 Å². The number of carbonyl (C=O) groups is 1. The van der Waals surface area contributed by atoms with Crippen LogP contribution in [0.2, 0.25) is 0 Å². The van der Waals surface area contributed by atoms with Gasteiger partial charge in [-0.3, -0.25) is 14.9 Å². The standard InChI is InChI=1S/C12H6F3N3O3/c13-6-1-2-9(18(20)21)8(5-6)17-12(19)7-3-4-16-11(15)10(7)14/h1-5H,(H,17,19). The van der Waals surface area contributed by atoms with Crippen LogP contribution < -0.4 is 5.32 Å². The van der Waals surface area contributed by atoms with E-state index in [0.717, 1.165) is 24.4 Å². The molecule has 1 aromatic carbocycles. The Morgan fingerprint density at radius 2 is 1.95 bits per heavy atom. The van der Waals surface area contributed by atoms with Gasteiger partial charge in [-0.2, -0.15) is 4.39 Å². The number of halogens is 3. The van der Waals surface area contributed by atoms with E-state index in [1.54, 1.807) is 0 Å². The van der Waals surface area contributed by atoms with Crippen LogP contribution in [0.15, 0.2) is 30.5 Å².